The van der Waals surface area contributed by atoms with E-state index in [2.05, 4.69) is 31.3 Å². The van der Waals surface area contributed by atoms with Crippen molar-refractivity contribution in [1.29, 1.82) is 0 Å². The molecule has 3 aromatic rings. The quantitative estimate of drug-likeness (QED) is 0.603. The minimum Gasteiger partial charge on any atom is -0.334 e. The molecule has 5 nitrogen and oxygen atoms in total. The zero-order valence-corrected chi connectivity index (χ0v) is 16.8. The highest BCUT2D eigenvalue weighted by Gasteiger charge is 2.31. The lowest BCUT2D eigenvalue weighted by Crippen LogP contribution is -2.35. The highest BCUT2D eigenvalue weighted by molar-refractivity contribution is 5.63. The molecule has 1 atom stereocenters. The van der Waals surface area contributed by atoms with Crippen molar-refractivity contribution in [2.75, 3.05) is 13.1 Å². The monoisotopic (exact) mass is 415 g/mol. The highest BCUT2D eigenvalue weighted by atomic mass is 19.4. The van der Waals surface area contributed by atoms with Crippen molar-refractivity contribution in [3.8, 4) is 11.3 Å². The Morgan fingerprint density at radius 3 is 2.73 bits per heavy atom. The Kier molecular flexibility index (Phi) is 5.85. The molecule has 0 amide bonds. The fourth-order valence-corrected chi connectivity index (χ4v) is 4.11. The second-order valence-electron chi connectivity index (χ2n) is 7.57. The fraction of sp³-hybridized carbons (Fsp3) is 0.409. The number of benzene rings is 1. The van der Waals surface area contributed by atoms with Gasteiger partial charge in [-0.15, -0.1) is 0 Å². The number of imidazole rings is 1. The van der Waals surface area contributed by atoms with Gasteiger partial charge in [-0.05, 0) is 38.4 Å². The molecule has 1 fully saturated rings. The third-order valence-corrected chi connectivity index (χ3v) is 5.59. The van der Waals surface area contributed by atoms with Gasteiger partial charge >= 0.3 is 6.18 Å². The van der Waals surface area contributed by atoms with Crippen LogP contribution in [0.25, 0.3) is 11.3 Å². The molecule has 4 rings (SSSR count). The summed E-state index contributed by atoms with van der Waals surface area (Å²) >= 11 is 0. The number of alkyl halides is 3. The third kappa shape index (κ3) is 4.38. The second-order valence-corrected chi connectivity index (χ2v) is 7.57. The maximum atomic E-state index is 13.2. The van der Waals surface area contributed by atoms with Crippen LogP contribution in [0.2, 0.25) is 0 Å². The van der Waals surface area contributed by atoms with Gasteiger partial charge in [0, 0.05) is 49.4 Å². The Hall–Kier alpha value is -2.74. The molecule has 1 saturated heterocycles. The lowest BCUT2D eigenvalue weighted by molar-refractivity contribution is -0.137. The lowest BCUT2D eigenvalue weighted by atomic mass is 9.91. The molecule has 0 radical (unpaired) electrons. The lowest BCUT2D eigenvalue weighted by Gasteiger charge is -2.32. The first-order valence-electron chi connectivity index (χ1n) is 10.2. The van der Waals surface area contributed by atoms with E-state index < -0.39 is 11.7 Å². The van der Waals surface area contributed by atoms with Crippen LogP contribution in [0.5, 0.6) is 0 Å². The van der Waals surface area contributed by atoms with E-state index in [1.807, 2.05) is 12.4 Å². The maximum Gasteiger partial charge on any atom is 0.416 e. The van der Waals surface area contributed by atoms with Gasteiger partial charge < -0.3 is 4.57 Å². The van der Waals surface area contributed by atoms with Crippen LogP contribution >= 0.6 is 0 Å². The highest BCUT2D eigenvalue weighted by Crippen LogP contribution is 2.35. The SMILES string of the molecule is CCn1ccnc1CN1CCCC(c2nccnc2-c2cccc(C(F)(F)F)c2)C1. The normalized spacial score (nSPS) is 17.9. The minimum atomic E-state index is -4.39. The molecular formula is C22H24F3N5. The van der Waals surface area contributed by atoms with Crippen LogP contribution < -0.4 is 0 Å². The Balaban J connectivity index is 1.59. The summed E-state index contributed by atoms with van der Waals surface area (Å²) < 4.78 is 41.7. The predicted octanol–water partition coefficient (Wildman–Crippen LogP) is 4.76. The predicted molar refractivity (Wildman–Crippen MR) is 108 cm³/mol. The van der Waals surface area contributed by atoms with Gasteiger partial charge in [0.25, 0.3) is 0 Å². The summed E-state index contributed by atoms with van der Waals surface area (Å²) in [6.07, 6.45) is 4.49. The first-order valence-corrected chi connectivity index (χ1v) is 10.2. The molecule has 30 heavy (non-hydrogen) atoms. The van der Waals surface area contributed by atoms with Crippen LogP contribution in [-0.2, 0) is 19.3 Å². The number of likely N-dealkylation sites (tertiary alicyclic amines) is 1. The molecule has 0 saturated carbocycles. The van der Waals surface area contributed by atoms with Gasteiger partial charge in [-0.3, -0.25) is 14.9 Å². The van der Waals surface area contributed by atoms with E-state index in [-0.39, 0.29) is 5.92 Å². The van der Waals surface area contributed by atoms with Gasteiger partial charge in [-0.2, -0.15) is 13.2 Å². The van der Waals surface area contributed by atoms with Crippen LogP contribution in [0.3, 0.4) is 0 Å². The topological polar surface area (TPSA) is 46.8 Å². The molecule has 0 bridgehead atoms. The number of nitrogens with zero attached hydrogens (tertiary/aromatic N) is 5. The van der Waals surface area contributed by atoms with Crippen LogP contribution in [-0.4, -0.2) is 37.5 Å². The van der Waals surface area contributed by atoms with E-state index in [4.69, 9.17) is 0 Å². The molecule has 0 spiro atoms. The molecule has 3 heterocycles. The van der Waals surface area contributed by atoms with Gasteiger partial charge in [-0.25, -0.2) is 4.98 Å². The smallest absolute Gasteiger partial charge is 0.334 e. The summed E-state index contributed by atoms with van der Waals surface area (Å²) in [7, 11) is 0. The van der Waals surface area contributed by atoms with Gasteiger partial charge in [0.1, 0.15) is 5.82 Å². The molecule has 1 unspecified atom stereocenters. The van der Waals surface area contributed by atoms with E-state index in [9.17, 15) is 13.2 Å². The van der Waals surface area contributed by atoms with Crippen molar-refractivity contribution >= 4 is 0 Å². The van der Waals surface area contributed by atoms with Crippen LogP contribution in [0.4, 0.5) is 13.2 Å². The number of hydrogen-bond acceptors (Lipinski definition) is 4. The van der Waals surface area contributed by atoms with Crippen LogP contribution in [0, 0.1) is 0 Å². The minimum absolute atomic E-state index is 0.113. The molecule has 0 N–H and O–H groups in total. The Morgan fingerprint density at radius 1 is 1.10 bits per heavy atom. The molecule has 2 aromatic heterocycles. The molecule has 158 valence electrons. The zero-order chi connectivity index (χ0) is 21.1. The van der Waals surface area contributed by atoms with Gasteiger partial charge in [0.05, 0.1) is 23.5 Å². The fourth-order valence-electron chi connectivity index (χ4n) is 4.11. The van der Waals surface area contributed by atoms with E-state index in [0.717, 1.165) is 62.7 Å². The third-order valence-electron chi connectivity index (χ3n) is 5.59. The zero-order valence-electron chi connectivity index (χ0n) is 16.8. The van der Waals surface area contributed by atoms with Crippen molar-refractivity contribution in [3.63, 3.8) is 0 Å². The van der Waals surface area contributed by atoms with Gasteiger partial charge in [-0.1, -0.05) is 12.1 Å². The number of hydrogen-bond donors (Lipinski definition) is 0. The Labute approximate surface area is 173 Å². The number of halogens is 3. The van der Waals surface area contributed by atoms with Gasteiger partial charge in [0.2, 0.25) is 0 Å². The number of piperidine rings is 1. The van der Waals surface area contributed by atoms with Crippen molar-refractivity contribution < 1.29 is 13.2 Å². The van der Waals surface area contributed by atoms with Crippen molar-refractivity contribution in [3.05, 3.63) is 66.1 Å². The van der Waals surface area contributed by atoms with E-state index in [0.29, 0.717) is 11.3 Å². The summed E-state index contributed by atoms with van der Waals surface area (Å²) in [5, 5.41) is 0. The van der Waals surface area contributed by atoms with Crippen molar-refractivity contribution in [2.45, 2.75) is 44.9 Å². The molecule has 0 aliphatic carbocycles. The average Bonchev–Trinajstić information content (AvgIpc) is 3.20. The number of aryl methyl sites for hydroxylation is 1. The molecule has 1 aliphatic heterocycles. The Morgan fingerprint density at radius 2 is 1.93 bits per heavy atom. The average molecular weight is 415 g/mol. The number of rotatable bonds is 5. The Bertz CT molecular complexity index is 998. The number of aromatic nitrogens is 4. The summed E-state index contributed by atoms with van der Waals surface area (Å²) in [6, 6.07) is 5.33. The van der Waals surface area contributed by atoms with E-state index >= 15 is 0 Å². The van der Waals surface area contributed by atoms with E-state index in [1.165, 1.54) is 12.3 Å². The van der Waals surface area contributed by atoms with Gasteiger partial charge in [0.15, 0.2) is 0 Å². The first-order chi connectivity index (χ1) is 14.5. The molecular weight excluding hydrogens is 391 g/mol. The van der Waals surface area contributed by atoms with E-state index in [1.54, 1.807) is 12.3 Å². The summed E-state index contributed by atoms with van der Waals surface area (Å²) in [4.78, 5) is 15.8. The molecule has 1 aliphatic rings. The molecule has 8 heteroatoms. The van der Waals surface area contributed by atoms with Crippen molar-refractivity contribution in [2.24, 2.45) is 0 Å². The second kappa shape index (κ2) is 8.55. The standard InChI is InChI=1S/C22H24F3N5/c1-2-30-12-10-26-19(30)15-29-11-4-6-17(14-29)21-20(27-8-9-28-21)16-5-3-7-18(13-16)22(23,24)25/h3,5,7-10,12-13,17H,2,4,6,11,14-15H2,1H3. The first kappa shape index (κ1) is 20.5. The molecule has 1 aromatic carbocycles. The summed E-state index contributed by atoms with van der Waals surface area (Å²) in [5.74, 6) is 1.14. The summed E-state index contributed by atoms with van der Waals surface area (Å²) in [5.41, 5.74) is 1.07. The van der Waals surface area contributed by atoms with Crippen LogP contribution in [0.15, 0.2) is 49.1 Å². The maximum absolute atomic E-state index is 13.2. The largest absolute Gasteiger partial charge is 0.416 e. The van der Waals surface area contributed by atoms with Crippen molar-refractivity contribution in [1.82, 2.24) is 24.4 Å². The summed E-state index contributed by atoms with van der Waals surface area (Å²) in [6.45, 7) is 5.45. The van der Waals surface area contributed by atoms with Crippen LogP contribution in [0.1, 0.15) is 42.8 Å².